The molecule has 0 atom stereocenters. The largest absolute Gasteiger partial charge is 0.483 e. The summed E-state index contributed by atoms with van der Waals surface area (Å²) in [6, 6.07) is 23.5. The third-order valence-corrected chi connectivity index (χ3v) is 5.31. The van der Waals surface area contributed by atoms with E-state index < -0.39 is 0 Å². The van der Waals surface area contributed by atoms with Gasteiger partial charge in [0.15, 0.2) is 6.61 Å². The smallest absolute Gasteiger partial charge is 0.260 e. The fourth-order valence-electron chi connectivity index (χ4n) is 3.30. The molecule has 0 aliphatic carbocycles. The molecular weight excluding hydrogens is 452 g/mol. The molecule has 4 rings (SSSR count). The summed E-state index contributed by atoms with van der Waals surface area (Å²) in [5.41, 5.74) is 2.71. The molecule has 172 valence electrons. The number of carbonyl (C=O) groups excluding carboxylic acids is 2. The fourth-order valence-corrected chi connectivity index (χ4v) is 3.47. The molecule has 4 aromatic rings. The number of benzene rings is 3. The van der Waals surface area contributed by atoms with Crippen molar-refractivity contribution in [1.82, 2.24) is 14.7 Å². The normalized spacial score (nSPS) is 10.5. The van der Waals surface area contributed by atoms with Crippen LogP contribution in [0.2, 0.25) is 5.02 Å². The molecule has 34 heavy (non-hydrogen) atoms. The summed E-state index contributed by atoms with van der Waals surface area (Å²) in [4.78, 5) is 27.0. The molecule has 8 heteroatoms. The molecule has 0 fully saturated rings. The summed E-state index contributed by atoms with van der Waals surface area (Å²) in [6.07, 6.45) is 3.61. The maximum atomic E-state index is 12.8. The van der Waals surface area contributed by atoms with Crippen molar-refractivity contribution in [2.24, 2.45) is 0 Å². The first kappa shape index (κ1) is 23.1. The molecule has 0 bridgehead atoms. The van der Waals surface area contributed by atoms with Crippen LogP contribution < -0.4 is 10.1 Å². The lowest BCUT2D eigenvalue weighted by Gasteiger charge is -2.17. The molecule has 1 heterocycles. The van der Waals surface area contributed by atoms with E-state index in [2.05, 4.69) is 10.4 Å². The molecule has 7 nitrogen and oxygen atoms in total. The van der Waals surface area contributed by atoms with Crippen LogP contribution in [0.5, 0.6) is 5.75 Å². The van der Waals surface area contributed by atoms with Crippen molar-refractivity contribution in [3.05, 3.63) is 107 Å². The number of hydrogen-bond donors (Lipinski definition) is 1. The maximum Gasteiger partial charge on any atom is 0.260 e. The third kappa shape index (κ3) is 5.82. The van der Waals surface area contributed by atoms with Gasteiger partial charge < -0.3 is 15.0 Å². The number of aromatic nitrogens is 2. The first-order valence-corrected chi connectivity index (χ1v) is 11.0. The second-order valence-electron chi connectivity index (χ2n) is 7.63. The molecule has 2 amide bonds. The lowest BCUT2D eigenvalue weighted by atomic mass is 10.2. The highest BCUT2D eigenvalue weighted by Gasteiger charge is 2.17. The second-order valence-corrected chi connectivity index (χ2v) is 8.06. The second kappa shape index (κ2) is 10.7. The van der Waals surface area contributed by atoms with Crippen LogP contribution in [-0.2, 0) is 11.3 Å². The number of para-hydroxylation sites is 2. The summed E-state index contributed by atoms with van der Waals surface area (Å²) in [5.74, 6) is -0.342. The van der Waals surface area contributed by atoms with E-state index in [1.54, 1.807) is 47.1 Å². The van der Waals surface area contributed by atoms with Crippen molar-refractivity contribution in [2.75, 3.05) is 19.0 Å². The molecular formula is C26H23ClN4O3. The highest BCUT2D eigenvalue weighted by Crippen LogP contribution is 2.24. The Morgan fingerprint density at radius 3 is 2.47 bits per heavy atom. The molecule has 0 unspecified atom stereocenters. The van der Waals surface area contributed by atoms with Crippen molar-refractivity contribution in [1.29, 1.82) is 0 Å². The predicted octanol–water partition coefficient (Wildman–Crippen LogP) is 4.82. The van der Waals surface area contributed by atoms with Gasteiger partial charge in [0, 0.05) is 36.1 Å². The quantitative estimate of drug-likeness (QED) is 0.397. The molecule has 3 aromatic carbocycles. The van der Waals surface area contributed by atoms with Crippen molar-refractivity contribution in [3.63, 3.8) is 0 Å². The molecule has 0 aliphatic heterocycles. The number of ether oxygens (including phenoxy) is 1. The molecule has 1 aromatic heterocycles. The Morgan fingerprint density at radius 2 is 1.74 bits per heavy atom. The Bertz CT molecular complexity index is 1280. The van der Waals surface area contributed by atoms with Gasteiger partial charge in [0.1, 0.15) is 5.75 Å². The van der Waals surface area contributed by atoms with Gasteiger partial charge in [-0.2, -0.15) is 5.10 Å². The van der Waals surface area contributed by atoms with Gasteiger partial charge in [-0.1, -0.05) is 48.0 Å². The van der Waals surface area contributed by atoms with Gasteiger partial charge in [0.05, 0.1) is 17.4 Å². The number of anilines is 1. The number of carbonyl (C=O) groups is 2. The van der Waals surface area contributed by atoms with E-state index in [-0.39, 0.29) is 29.7 Å². The Hall–Kier alpha value is -4.10. The average Bonchev–Trinajstić information content (AvgIpc) is 3.32. The molecule has 0 saturated carbocycles. The van der Waals surface area contributed by atoms with Crippen LogP contribution in [-0.4, -0.2) is 40.1 Å². The summed E-state index contributed by atoms with van der Waals surface area (Å²) < 4.78 is 7.47. The van der Waals surface area contributed by atoms with Crippen molar-refractivity contribution >= 4 is 29.1 Å². The zero-order chi connectivity index (χ0) is 23.9. The van der Waals surface area contributed by atoms with Crippen molar-refractivity contribution in [3.8, 4) is 11.4 Å². The zero-order valence-electron chi connectivity index (χ0n) is 18.5. The highest BCUT2D eigenvalue weighted by molar-refractivity contribution is 6.31. The Morgan fingerprint density at radius 1 is 1.03 bits per heavy atom. The van der Waals surface area contributed by atoms with Gasteiger partial charge >= 0.3 is 0 Å². The summed E-state index contributed by atoms with van der Waals surface area (Å²) in [7, 11) is 1.69. The number of nitrogens with one attached hydrogen (secondary N) is 1. The minimum absolute atomic E-state index is 0.226. The molecule has 0 spiro atoms. The highest BCUT2D eigenvalue weighted by atomic mass is 35.5. The van der Waals surface area contributed by atoms with Crippen LogP contribution in [0.25, 0.3) is 5.69 Å². The van der Waals surface area contributed by atoms with E-state index in [0.717, 1.165) is 11.3 Å². The van der Waals surface area contributed by atoms with Crippen LogP contribution in [0.3, 0.4) is 0 Å². The van der Waals surface area contributed by atoms with E-state index in [1.165, 1.54) is 6.07 Å². The van der Waals surface area contributed by atoms with Crippen LogP contribution in [0.15, 0.2) is 91.3 Å². The van der Waals surface area contributed by atoms with Gasteiger partial charge in [0.2, 0.25) is 0 Å². The topological polar surface area (TPSA) is 76.5 Å². The molecule has 0 saturated heterocycles. The Labute approximate surface area is 202 Å². The van der Waals surface area contributed by atoms with Gasteiger partial charge in [0.25, 0.3) is 11.8 Å². The first-order valence-electron chi connectivity index (χ1n) is 10.6. The maximum absolute atomic E-state index is 12.8. The van der Waals surface area contributed by atoms with E-state index in [1.807, 2.05) is 54.7 Å². The van der Waals surface area contributed by atoms with E-state index in [0.29, 0.717) is 17.3 Å². The number of hydrogen-bond acceptors (Lipinski definition) is 4. The lowest BCUT2D eigenvalue weighted by molar-refractivity contribution is -0.132. The third-order valence-electron chi connectivity index (χ3n) is 5.07. The predicted molar refractivity (Wildman–Crippen MR) is 131 cm³/mol. The average molecular weight is 475 g/mol. The minimum Gasteiger partial charge on any atom is -0.483 e. The number of amides is 2. The van der Waals surface area contributed by atoms with E-state index >= 15 is 0 Å². The summed E-state index contributed by atoms with van der Waals surface area (Å²) >= 11 is 6.09. The molecule has 0 radical (unpaired) electrons. The van der Waals surface area contributed by atoms with Crippen LogP contribution in [0.4, 0.5) is 5.69 Å². The molecule has 1 N–H and O–H groups in total. The Balaban J connectivity index is 1.38. The summed E-state index contributed by atoms with van der Waals surface area (Å²) in [5, 5.41) is 7.55. The zero-order valence-corrected chi connectivity index (χ0v) is 19.3. The van der Waals surface area contributed by atoms with E-state index in [4.69, 9.17) is 16.3 Å². The van der Waals surface area contributed by atoms with Crippen LogP contribution >= 0.6 is 11.6 Å². The van der Waals surface area contributed by atoms with Gasteiger partial charge in [-0.3, -0.25) is 9.59 Å². The number of nitrogens with zero attached hydrogens (tertiary/aromatic N) is 3. The SMILES string of the molecule is CN(Cc1cnn(-c2ccccc2)c1)C(=O)COc1ccc(Cl)cc1C(=O)Nc1ccccc1. The standard InChI is InChI=1S/C26H23ClN4O3/c1-30(16-19-15-28-31(17-19)22-10-6-3-7-11-22)25(32)18-34-24-13-12-20(27)14-23(24)26(33)29-21-8-4-2-5-9-21/h2-15,17H,16,18H2,1H3,(H,29,33). The first-order chi connectivity index (χ1) is 16.5. The summed E-state index contributed by atoms with van der Waals surface area (Å²) in [6.45, 7) is 0.146. The minimum atomic E-state index is -0.377. The van der Waals surface area contributed by atoms with Crippen molar-refractivity contribution in [2.45, 2.75) is 6.54 Å². The monoisotopic (exact) mass is 474 g/mol. The van der Waals surface area contributed by atoms with Gasteiger partial charge in [-0.15, -0.1) is 0 Å². The lowest BCUT2D eigenvalue weighted by Crippen LogP contribution is -2.31. The fraction of sp³-hybridized carbons (Fsp3) is 0.115. The van der Waals surface area contributed by atoms with Crippen molar-refractivity contribution < 1.29 is 14.3 Å². The van der Waals surface area contributed by atoms with Crippen LogP contribution in [0.1, 0.15) is 15.9 Å². The number of likely N-dealkylation sites (N-methyl/N-ethyl adjacent to an activating group) is 1. The number of halogens is 1. The van der Waals surface area contributed by atoms with E-state index in [9.17, 15) is 9.59 Å². The van der Waals surface area contributed by atoms with Gasteiger partial charge in [-0.25, -0.2) is 4.68 Å². The number of rotatable bonds is 8. The Kier molecular flexibility index (Phi) is 7.25. The van der Waals surface area contributed by atoms with Gasteiger partial charge in [-0.05, 0) is 42.5 Å². The van der Waals surface area contributed by atoms with Crippen LogP contribution in [0, 0.1) is 0 Å². The molecule has 0 aliphatic rings.